The lowest BCUT2D eigenvalue weighted by molar-refractivity contribution is -0.131. The molecule has 0 aliphatic carbocycles. The molecular formula is C4H6N2O6P2+2. The molecule has 14 heavy (non-hydrogen) atoms. The van der Waals surface area contributed by atoms with Gasteiger partial charge in [-0.2, -0.15) is 9.05 Å². The highest BCUT2D eigenvalue weighted by Gasteiger charge is 2.18. The van der Waals surface area contributed by atoms with Crippen molar-refractivity contribution in [3.8, 4) is 0 Å². The van der Waals surface area contributed by atoms with Crippen LogP contribution in [0, 0.1) is 0 Å². The highest BCUT2D eigenvalue weighted by Crippen LogP contribution is 2.11. The van der Waals surface area contributed by atoms with Crippen LogP contribution in [0.2, 0.25) is 0 Å². The van der Waals surface area contributed by atoms with E-state index in [1.165, 1.54) is 0 Å². The fraction of sp³-hybridized carbons (Fsp3) is 0. The van der Waals surface area contributed by atoms with Crippen molar-refractivity contribution in [3.05, 3.63) is 12.2 Å². The Kier molecular flexibility index (Phi) is 5.74. The van der Waals surface area contributed by atoms with Gasteiger partial charge in [0.25, 0.3) is 0 Å². The van der Waals surface area contributed by atoms with Gasteiger partial charge in [0, 0.05) is 21.3 Å². The van der Waals surface area contributed by atoms with Crippen LogP contribution in [0.3, 0.4) is 0 Å². The normalized spacial score (nSPS) is 12.1. The van der Waals surface area contributed by atoms with E-state index in [2.05, 4.69) is 20.1 Å². The summed E-state index contributed by atoms with van der Waals surface area (Å²) >= 11 is 0. The zero-order valence-corrected chi connectivity index (χ0v) is 8.44. The minimum absolute atomic E-state index is 0.612. The smallest absolute Gasteiger partial charge is 0.241 e. The minimum Gasteiger partial charge on any atom is -0.241 e. The third-order valence-corrected chi connectivity index (χ3v) is 1.44. The van der Waals surface area contributed by atoms with Crippen molar-refractivity contribution >= 4 is 28.3 Å². The molecule has 0 spiro atoms. The van der Waals surface area contributed by atoms with Crippen molar-refractivity contribution in [2.45, 2.75) is 0 Å². The first kappa shape index (κ1) is 12.8. The number of rotatable bonds is 4. The lowest BCUT2D eigenvalue weighted by Gasteiger charge is -1.81. The molecule has 0 amide bonds. The first-order valence-corrected chi connectivity index (χ1v) is 5.47. The van der Waals surface area contributed by atoms with Gasteiger partial charge < -0.3 is 0 Å². The van der Waals surface area contributed by atoms with Crippen molar-refractivity contribution in [1.29, 1.82) is 0 Å². The summed E-state index contributed by atoms with van der Waals surface area (Å²) in [4.78, 5) is 21.1. The molecule has 8 nitrogen and oxygen atoms in total. The van der Waals surface area contributed by atoms with Crippen LogP contribution >= 0.6 is 16.4 Å². The Hall–Kier alpha value is -1.20. The molecule has 2 atom stereocenters. The zero-order chi connectivity index (χ0) is 11.1. The Bertz CT molecular complexity index is 283. The molecule has 0 heterocycles. The molecule has 0 fully saturated rings. The van der Waals surface area contributed by atoms with E-state index in [4.69, 9.17) is 0 Å². The molecule has 0 aromatic carbocycles. The van der Waals surface area contributed by atoms with E-state index in [1.54, 1.807) is 0 Å². The third kappa shape index (κ3) is 7.45. The van der Waals surface area contributed by atoms with Crippen LogP contribution in [-0.4, -0.2) is 11.9 Å². The fourth-order valence-electron chi connectivity index (χ4n) is 0.374. The van der Waals surface area contributed by atoms with Crippen LogP contribution in [0.5, 0.6) is 0 Å². The Morgan fingerprint density at radius 1 is 0.929 bits per heavy atom. The number of carbonyl (C=O) groups is 2. The van der Waals surface area contributed by atoms with Crippen LogP contribution in [0.25, 0.3) is 0 Å². The first-order valence-electron chi connectivity index (χ1n) is 2.97. The van der Waals surface area contributed by atoms with Crippen LogP contribution < -0.4 is 11.0 Å². The van der Waals surface area contributed by atoms with Crippen LogP contribution in [0.1, 0.15) is 0 Å². The summed E-state index contributed by atoms with van der Waals surface area (Å²) in [5.41, 5.74) is 9.26. The highest BCUT2D eigenvalue weighted by molar-refractivity contribution is 7.37. The summed E-state index contributed by atoms with van der Waals surface area (Å²) in [5.74, 6) is -2.17. The standard InChI is InChI=1S/C4H6N2O6P2/c5-13(9)11-3(7)1-2-4(8)12-14(6)10/h1-2H,(H2,5,9)(H2,6,10)/q+2/b2-1+. The van der Waals surface area contributed by atoms with Gasteiger partial charge in [0.05, 0.1) is 0 Å². The quantitative estimate of drug-likeness (QED) is 0.511. The molecule has 4 N–H and O–H groups in total. The Morgan fingerprint density at radius 2 is 1.21 bits per heavy atom. The molecular weight excluding hydrogens is 234 g/mol. The summed E-state index contributed by atoms with van der Waals surface area (Å²) in [6, 6.07) is 0. The molecule has 10 heteroatoms. The van der Waals surface area contributed by atoms with Crippen molar-refractivity contribution in [1.82, 2.24) is 0 Å². The molecule has 0 aliphatic heterocycles. The molecule has 0 saturated carbocycles. The Labute approximate surface area is 80.1 Å². The monoisotopic (exact) mass is 240 g/mol. The van der Waals surface area contributed by atoms with E-state index >= 15 is 0 Å². The summed E-state index contributed by atoms with van der Waals surface area (Å²) in [6.45, 7) is 0. The van der Waals surface area contributed by atoms with E-state index in [9.17, 15) is 18.7 Å². The number of hydrogen-bond donors (Lipinski definition) is 2. The Morgan fingerprint density at radius 3 is 1.43 bits per heavy atom. The fourth-order valence-corrected chi connectivity index (χ4v) is 0.851. The van der Waals surface area contributed by atoms with Crippen molar-refractivity contribution in [2.75, 3.05) is 0 Å². The molecule has 0 aliphatic rings. The van der Waals surface area contributed by atoms with E-state index in [-0.39, 0.29) is 0 Å². The molecule has 2 unspecified atom stereocenters. The molecule has 0 aromatic rings. The molecule has 0 aromatic heterocycles. The van der Waals surface area contributed by atoms with Gasteiger partial charge in [0.1, 0.15) is 0 Å². The molecule has 76 valence electrons. The van der Waals surface area contributed by atoms with Crippen molar-refractivity contribution in [2.24, 2.45) is 11.0 Å². The molecule has 0 bridgehead atoms. The SMILES string of the molecule is N[P+](=O)OC(=O)/C=C/C(=O)O[P+](N)=O. The van der Waals surface area contributed by atoms with E-state index < -0.39 is 28.3 Å². The maximum absolute atomic E-state index is 10.6. The van der Waals surface area contributed by atoms with Gasteiger partial charge in [-0.05, 0) is 0 Å². The lowest BCUT2D eigenvalue weighted by atomic mass is 10.5. The summed E-state index contributed by atoms with van der Waals surface area (Å²) < 4.78 is 28.2. The highest BCUT2D eigenvalue weighted by atomic mass is 31.1. The van der Waals surface area contributed by atoms with Gasteiger partial charge in [0.2, 0.25) is 0 Å². The maximum Gasteiger partial charge on any atom is 0.664 e. The summed E-state index contributed by atoms with van der Waals surface area (Å²) in [5, 5.41) is 0. The van der Waals surface area contributed by atoms with Crippen molar-refractivity contribution in [3.63, 3.8) is 0 Å². The first-order chi connectivity index (χ1) is 6.41. The molecule has 0 radical (unpaired) electrons. The minimum atomic E-state index is -2.57. The number of nitrogens with two attached hydrogens (primary N) is 2. The van der Waals surface area contributed by atoms with Gasteiger partial charge in [-0.25, -0.2) is 9.59 Å². The van der Waals surface area contributed by atoms with Gasteiger partial charge in [0.15, 0.2) is 0 Å². The van der Waals surface area contributed by atoms with E-state index in [0.29, 0.717) is 12.2 Å². The number of carbonyl (C=O) groups excluding carboxylic acids is 2. The average Bonchev–Trinajstić information content (AvgIpc) is 1.98. The number of hydrogen-bond acceptors (Lipinski definition) is 6. The summed E-state index contributed by atoms with van der Waals surface area (Å²) in [6.07, 6.45) is 1.22. The second-order valence-corrected chi connectivity index (χ2v) is 3.23. The summed E-state index contributed by atoms with van der Waals surface area (Å²) in [7, 11) is -5.15. The second-order valence-electron chi connectivity index (χ2n) is 1.72. The van der Waals surface area contributed by atoms with Crippen molar-refractivity contribution < 1.29 is 27.8 Å². The Balaban J connectivity index is 4.04. The van der Waals surface area contributed by atoms with Crippen LogP contribution in [0.15, 0.2) is 12.2 Å². The largest absolute Gasteiger partial charge is 0.664 e. The predicted molar refractivity (Wildman–Crippen MR) is 44.9 cm³/mol. The van der Waals surface area contributed by atoms with Gasteiger partial charge in [-0.15, -0.1) is 0 Å². The zero-order valence-electron chi connectivity index (χ0n) is 6.65. The predicted octanol–water partition coefficient (Wildman–Crippen LogP) is -0.139. The molecule has 0 saturated heterocycles. The average molecular weight is 240 g/mol. The third-order valence-electron chi connectivity index (χ3n) is 0.715. The van der Waals surface area contributed by atoms with E-state index in [0.717, 1.165) is 0 Å². The van der Waals surface area contributed by atoms with Gasteiger partial charge in [-0.3, -0.25) is 0 Å². The maximum atomic E-state index is 10.6. The second kappa shape index (κ2) is 6.28. The van der Waals surface area contributed by atoms with E-state index in [1.807, 2.05) is 0 Å². The topological polar surface area (TPSA) is 139 Å². The van der Waals surface area contributed by atoms with Gasteiger partial charge in [-0.1, -0.05) is 11.0 Å². The molecule has 0 rings (SSSR count). The van der Waals surface area contributed by atoms with Crippen LogP contribution in [0.4, 0.5) is 0 Å². The van der Waals surface area contributed by atoms with Crippen LogP contribution in [-0.2, 0) is 27.8 Å². The lowest BCUT2D eigenvalue weighted by Crippen LogP contribution is -2.00. The van der Waals surface area contributed by atoms with Gasteiger partial charge >= 0.3 is 28.3 Å².